The average Bonchev–Trinajstić information content (AvgIpc) is 3.17. The largest absolute Gasteiger partial charge is 0.382 e. The lowest BCUT2D eigenvalue weighted by atomic mass is 9.90. The van der Waals surface area contributed by atoms with Crippen molar-refractivity contribution in [1.82, 2.24) is 30.1 Å². The molecule has 1 aliphatic rings. The predicted molar refractivity (Wildman–Crippen MR) is 77.6 cm³/mol. The van der Waals surface area contributed by atoms with Crippen molar-refractivity contribution in [3.63, 3.8) is 0 Å². The van der Waals surface area contributed by atoms with Crippen LogP contribution in [0.2, 0.25) is 0 Å². The van der Waals surface area contributed by atoms with Gasteiger partial charge in [-0.05, 0) is 38.3 Å². The first-order valence-corrected chi connectivity index (χ1v) is 7.52. The Morgan fingerprint density at radius 2 is 2.33 bits per heavy atom. The van der Waals surface area contributed by atoms with Crippen molar-refractivity contribution >= 4 is 0 Å². The summed E-state index contributed by atoms with van der Waals surface area (Å²) in [6, 6.07) is 0. The number of aromatic amines is 1. The van der Waals surface area contributed by atoms with Crippen molar-refractivity contribution in [2.24, 2.45) is 0 Å². The summed E-state index contributed by atoms with van der Waals surface area (Å²) in [5, 5.41) is 25.5. The van der Waals surface area contributed by atoms with Crippen molar-refractivity contribution in [2.75, 3.05) is 19.6 Å². The first-order chi connectivity index (χ1) is 10.2. The summed E-state index contributed by atoms with van der Waals surface area (Å²) in [6.45, 7) is 5.54. The van der Waals surface area contributed by atoms with E-state index in [2.05, 4.69) is 38.5 Å². The number of H-pyrrole nitrogens is 1. The molecule has 2 aromatic heterocycles. The van der Waals surface area contributed by atoms with Crippen LogP contribution >= 0.6 is 0 Å². The van der Waals surface area contributed by atoms with Gasteiger partial charge in [-0.2, -0.15) is 20.5 Å². The molecule has 0 bridgehead atoms. The minimum atomic E-state index is -0.876. The van der Waals surface area contributed by atoms with Gasteiger partial charge in [0.15, 0.2) is 0 Å². The fraction of sp³-hybridized carbons (Fsp3) is 0.643. The number of nitrogens with zero attached hydrogens (tertiary/aromatic N) is 5. The van der Waals surface area contributed by atoms with Crippen LogP contribution in [-0.4, -0.2) is 54.8 Å². The lowest BCUT2D eigenvalue weighted by Crippen LogP contribution is -2.46. The highest BCUT2D eigenvalue weighted by atomic mass is 16.3. The lowest BCUT2D eigenvalue weighted by molar-refractivity contribution is -0.0385. The van der Waals surface area contributed by atoms with Crippen molar-refractivity contribution in [1.29, 1.82) is 0 Å². The predicted octanol–water partition coefficient (Wildman–Crippen LogP) is 0.547. The second kappa shape index (κ2) is 5.95. The Morgan fingerprint density at radius 3 is 3.05 bits per heavy atom. The zero-order valence-electron chi connectivity index (χ0n) is 12.4. The molecule has 0 saturated carbocycles. The summed E-state index contributed by atoms with van der Waals surface area (Å²) in [6.07, 6.45) is 8.30. The summed E-state index contributed by atoms with van der Waals surface area (Å²) in [5.74, 6) is 0. The van der Waals surface area contributed by atoms with Crippen molar-refractivity contribution in [2.45, 2.75) is 38.3 Å². The molecule has 1 aliphatic heterocycles. The molecule has 2 aromatic rings. The SMILES string of the molecule is CCn1cc(CCN2CCCC(O)(c3cn[nH]n3)C2)cn1. The monoisotopic (exact) mass is 290 g/mol. The van der Waals surface area contributed by atoms with Gasteiger partial charge < -0.3 is 5.11 Å². The van der Waals surface area contributed by atoms with Gasteiger partial charge in [0.05, 0.1) is 12.4 Å². The number of β-amino-alcohol motifs (C(OH)–C–C–N with tert-alkyl or cyclic N) is 1. The molecule has 3 heterocycles. The van der Waals surface area contributed by atoms with E-state index in [4.69, 9.17) is 0 Å². The molecule has 1 atom stereocenters. The zero-order valence-corrected chi connectivity index (χ0v) is 12.4. The van der Waals surface area contributed by atoms with Gasteiger partial charge in [-0.1, -0.05) is 0 Å². The maximum atomic E-state index is 10.8. The number of rotatable bonds is 5. The van der Waals surface area contributed by atoms with Gasteiger partial charge in [0.2, 0.25) is 0 Å². The number of piperidine rings is 1. The average molecular weight is 290 g/mol. The first-order valence-electron chi connectivity index (χ1n) is 7.52. The summed E-state index contributed by atoms with van der Waals surface area (Å²) >= 11 is 0. The smallest absolute Gasteiger partial charge is 0.123 e. The van der Waals surface area contributed by atoms with Crippen LogP contribution in [0, 0.1) is 0 Å². The van der Waals surface area contributed by atoms with E-state index in [1.807, 2.05) is 10.9 Å². The lowest BCUT2D eigenvalue weighted by Gasteiger charge is -2.37. The van der Waals surface area contributed by atoms with E-state index in [9.17, 15) is 5.11 Å². The molecule has 1 fully saturated rings. The maximum Gasteiger partial charge on any atom is 0.123 e. The summed E-state index contributed by atoms with van der Waals surface area (Å²) in [5.41, 5.74) is 1.01. The minimum Gasteiger partial charge on any atom is -0.382 e. The molecule has 1 saturated heterocycles. The Kier molecular flexibility index (Phi) is 4.03. The molecule has 3 rings (SSSR count). The van der Waals surface area contributed by atoms with E-state index in [-0.39, 0.29) is 0 Å². The molecule has 0 radical (unpaired) electrons. The Labute approximate surface area is 124 Å². The minimum absolute atomic E-state index is 0.613. The van der Waals surface area contributed by atoms with Gasteiger partial charge in [0.25, 0.3) is 0 Å². The Hall–Kier alpha value is -1.73. The number of hydrogen-bond donors (Lipinski definition) is 2. The maximum absolute atomic E-state index is 10.8. The third kappa shape index (κ3) is 3.14. The van der Waals surface area contributed by atoms with Crippen LogP contribution in [-0.2, 0) is 18.6 Å². The number of likely N-dealkylation sites (tertiary alicyclic amines) is 1. The van der Waals surface area contributed by atoms with Crippen LogP contribution < -0.4 is 0 Å². The quantitative estimate of drug-likeness (QED) is 0.840. The van der Waals surface area contributed by atoms with Gasteiger partial charge in [0.1, 0.15) is 11.3 Å². The molecule has 0 aliphatic carbocycles. The highest BCUT2D eigenvalue weighted by Gasteiger charge is 2.36. The van der Waals surface area contributed by atoms with Gasteiger partial charge in [0, 0.05) is 25.8 Å². The van der Waals surface area contributed by atoms with Crippen LogP contribution in [0.25, 0.3) is 0 Å². The van der Waals surface area contributed by atoms with Crippen LogP contribution in [0.5, 0.6) is 0 Å². The summed E-state index contributed by atoms with van der Waals surface area (Å²) in [4.78, 5) is 2.29. The molecule has 7 nitrogen and oxygen atoms in total. The molecular weight excluding hydrogens is 268 g/mol. The van der Waals surface area contributed by atoms with Crippen molar-refractivity contribution in [3.8, 4) is 0 Å². The van der Waals surface area contributed by atoms with Gasteiger partial charge in [-0.15, -0.1) is 0 Å². The summed E-state index contributed by atoms with van der Waals surface area (Å²) < 4.78 is 1.94. The van der Waals surface area contributed by atoms with Gasteiger partial charge in [-0.3, -0.25) is 9.58 Å². The third-order valence-corrected chi connectivity index (χ3v) is 4.17. The fourth-order valence-electron chi connectivity index (χ4n) is 2.94. The molecular formula is C14H22N6O. The second-order valence-corrected chi connectivity index (χ2v) is 5.72. The molecule has 21 heavy (non-hydrogen) atoms. The van der Waals surface area contributed by atoms with E-state index in [0.29, 0.717) is 12.2 Å². The third-order valence-electron chi connectivity index (χ3n) is 4.17. The van der Waals surface area contributed by atoms with Crippen LogP contribution in [0.1, 0.15) is 31.0 Å². The number of nitrogens with one attached hydrogen (secondary N) is 1. The Balaban J connectivity index is 1.59. The molecule has 0 spiro atoms. The van der Waals surface area contributed by atoms with Gasteiger partial charge in [-0.25, -0.2) is 0 Å². The van der Waals surface area contributed by atoms with Gasteiger partial charge >= 0.3 is 0 Å². The molecule has 2 N–H and O–H groups in total. The number of aryl methyl sites for hydroxylation is 1. The Morgan fingerprint density at radius 1 is 1.43 bits per heavy atom. The topological polar surface area (TPSA) is 82.9 Å². The van der Waals surface area contributed by atoms with E-state index in [1.165, 1.54) is 5.56 Å². The molecule has 1 unspecified atom stereocenters. The normalized spacial score (nSPS) is 23.5. The molecule has 7 heteroatoms. The van der Waals surface area contributed by atoms with E-state index in [1.54, 1.807) is 6.20 Å². The highest BCUT2D eigenvalue weighted by Crippen LogP contribution is 2.29. The van der Waals surface area contributed by atoms with Crippen molar-refractivity contribution in [3.05, 3.63) is 29.8 Å². The highest BCUT2D eigenvalue weighted by molar-refractivity contribution is 5.09. The van der Waals surface area contributed by atoms with Crippen molar-refractivity contribution < 1.29 is 5.11 Å². The first kappa shape index (κ1) is 14.2. The fourth-order valence-corrected chi connectivity index (χ4v) is 2.94. The number of aliphatic hydroxyl groups is 1. The zero-order chi connectivity index (χ0) is 14.7. The van der Waals surface area contributed by atoms with Crippen LogP contribution in [0.4, 0.5) is 0 Å². The number of hydrogen-bond acceptors (Lipinski definition) is 5. The molecule has 114 valence electrons. The van der Waals surface area contributed by atoms with E-state index >= 15 is 0 Å². The van der Waals surface area contributed by atoms with E-state index < -0.39 is 5.60 Å². The van der Waals surface area contributed by atoms with Crippen LogP contribution in [0.3, 0.4) is 0 Å². The van der Waals surface area contributed by atoms with E-state index in [0.717, 1.165) is 38.9 Å². The number of aromatic nitrogens is 5. The van der Waals surface area contributed by atoms with Crippen LogP contribution in [0.15, 0.2) is 18.6 Å². The standard InChI is InChI=1S/C14H22N6O/c1-2-20-10-12(8-16-20)4-7-19-6-3-5-14(21,11-19)13-9-15-18-17-13/h8-10,21H,2-7,11H2,1H3,(H,15,17,18). The Bertz CT molecular complexity index is 566. The summed E-state index contributed by atoms with van der Waals surface area (Å²) in [7, 11) is 0. The molecule has 0 aromatic carbocycles. The second-order valence-electron chi connectivity index (χ2n) is 5.72. The molecule has 0 amide bonds.